The first-order chi connectivity index (χ1) is 16.1. The summed E-state index contributed by atoms with van der Waals surface area (Å²) >= 11 is 0. The van der Waals surface area contributed by atoms with Crippen LogP contribution in [0.15, 0.2) is 0 Å². The Morgan fingerprint density at radius 1 is 0.794 bits per heavy atom. The van der Waals surface area contributed by atoms with Gasteiger partial charge in [-0.1, -0.05) is 46.0 Å². The second kappa shape index (κ2) is 19.0. The molecular formula is C25H45NO8. The quantitative estimate of drug-likeness (QED) is 0.112. The number of unbranched alkanes of at least 4 members (excludes halogenated alkanes) is 5. The van der Waals surface area contributed by atoms with Crippen LogP contribution in [0.1, 0.15) is 92.4 Å². The average Bonchev–Trinajstić information content (AvgIpc) is 2.77. The normalized spacial score (nSPS) is 11.9. The lowest BCUT2D eigenvalue weighted by atomic mass is 10.1. The van der Waals surface area contributed by atoms with Crippen LogP contribution in [-0.2, 0) is 33.3 Å². The number of carbonyl (C=O) groups is 4. The van der Waals surface area contributed by atoms with E-state index in [1.165, 1.54) is 24.2 Å². The molecule has 0 aliphatic rings. The minimum Gasteiger partial charge on any atom is -0.467 e. The summed E-state index contributed by atoms with van der Waals surface area (Å²) < 4.78 is 20.7. The van der Waals surface area contributed by atoms with Crippen LogP contribution in [0.25, 0.3) is 0 Å². The SMILES string of the molecule is CCCCCCCCC(=O)OCC(COC=O)COC(=O)CCN(CCC)C(=O)OC(C)(C)C. The van der Waals surface area contributed by atoms with Crippen molar-refractivity contribution in [2.45, 2.75) is 98.0 Å². The maximum absolute atomic E-state index is 12.3. The third-order valence-electron chi connectivity index (χ3n) is 4.83. The van der Waals surface area contributed by atoms with Gasteiger partial charge in [0.05, 0.1) is 12.3 Å². The Labute approximate surface area is 204 Å². The van der Waals surface area contributed by atoms with Crippen LogP contribution in [0.5, 0.6) is 0 Å². The molecule has 0 heterocycles. The molecule has 9 nitrogen and oxygen atoms in total. The lowest BCUT2D eigenvalue weighted by molar-refractivity contribution is -0.151. The summed E-state index contributed by atoms with van der Waals surface area (Å²) in [6, 6.07) is 0. The molecule has 0 aromatic carbocycles. The van der Waals surface area contributed by atoms with Gasteiger partial charge in [-0.3, -0.25) is 14.4 Å². The number of nitrogens with zero attached hydrogens (tertiary/aromatic N) is 1. The highest BCUT2D eigenvalue weighted by molar-refractivity contribution is 5.72. The van der Waals surface area contributed by atoms with Gasteiger partial charge in [0, 0.05) is 19.5 Å². The van der Waals surface area contributed by atoms with Gasteiger partial charge in [-0.05, 0) is 33.6 Å². The maximum Gasteiger partial charge on any atom is 0.410 e. The largest absolute Gasteiger partial charge is 0.467 e. The van der Waals surface area contributed by atoms with Gasteiger partial charge in [-0.25, -0.2) is 4.79 Å². The number of carbonyl (C=O) groups excluding carboxylic acids is 4. The van der Waals surface area contributed by atoms with Gasteiger partial charge in [-0.15, -0.1) is 0 Å². The zero-order valence-corrected chi connectivity index (χ0v) is 21.8. The Hall–Kier alpha value is -2.32. The molecule has 1 atom stereocenters. The molecule has 0 rings (SSSR count). The first-order valence-corrected chi connectivity index (χ1v) is 12.5. The van der Waals surface area contributed by atoms with Crippen LogP contribution in [0.3, 0.4) is 0 Å². The third-order valence-corrected chi connectivity index (χ3v) is 4.83. The lowest BCUT2D eigenvalue weighted by Crippen LogP contribution is -2.38. The van der Waals surface area contributed by atoms with E-state index >= 15 is 0 Å². The number of hydrogen-bond donors (Lipinski definition) is 0. The number of esters is 2. The molecule has 1 amide bonds. The lowest BCUT2D eigenvalue weighted by Gasteiger charge is -2.27. The van der Waals surface area contributed by atoms with E-state index in [1.807, 2.05) is 6.92 Å². The molecule has 0 aliphatic heterocycles. The zero-order chi connectivity index (χ0) is 25.8. The first-order valence-electron chi connectivity index (χ1n) is 12.5. The molecule has 0 aromatic rings. The van der Waals surface area contributed by atoms with Crippen LogP contribution >= 0.6 is 0 Å². The van der Waals surface area contributed by atoms with Gasteiger partial charge in [-0.2, -0.15) is 0 Å². The molecule has 0 radical (unpaired) electrons. The fourth-order valence-corrected chi connectivity index (χ4v) is 3.05. The van der Waals surface area contributed by atoms with Crippen LogP contribution < -0.4 is 0 Å². The van der Waals surface area contributed by atoms with Crippen LogP contribution in [-0.4, -0.2) is 67.9 Å². The van der Waals surface area contributed by atoms with Gasteiger partial charge in [0.25, 0.3) is 6.47 Å². The smallest absolute Gasteiger partial charge is 0.410 e. The predicted octanol–water partition coefficient (Wildman–Crippen LogP) is 4.65. The Morgan fingerprint density at radius 2 is 1.38 bits per heavy atom. The van der Waals surface area contributed by atoms with E-state index < -0.39 is 23.6 Å². The summed E-state index contributed by atoms with van der Waals surface area (Å²) in [7, 11) is 0. The fraction of sp³-hybridized carbons (Fsp3) is 0.840. The van der Waals surface area contributed by atoms with E-state index in [-0.39, 0.29) is 38.8 Å². The van der Waals surface area contributed by atoms with Crippen LogP contribution in [0.2, 0.25) is 0 Å². The molecule has 0 saturated carbocycles. The number of hydrogen-bond acceptors (Lipinski definition) is 8. The first kappa shape index (κ1) is 31.7. The molecule has 0 saturated heterocycles. The molecule has 0 spiro atoms. The van der Waals surface area contributed by atoms with Crippen LogP contribution in [0.4, 0.5) is 4.79 Å². The van der Waals surface area contributed by atoms with Crippen molar-refractivity contribution in [3.8, 4) is 0 Å². The molecule has 198 valence electrons. The second-order valence-electron chi connectivity index (χ2n) is 9.40. The molecule has 0 aromatic heterocycles. The minimum absolute atomic E-state index is 0.00167. The maximum atomic E-state index is 12.3. The Morgan fingerprint density at radius 3 is 1.94 bits per heavy atom. The number of ether oxygens (including phenoxy) is 4. The number of rotatable bonds is 19. The van der Waals surface area contributed by atoms with Crippen molar-refractivity contribution in [2.75, 3.05) is 32.9 Å². The Bertz CT molecular complexity index is 588. The van der Waals surface area contributed by atoms with Crippen molar-refractivity contribution in [2.24, 2.45) is 5.92 Å². The van der Waals surface area contributed by atoms with Gasteiger partial charge in [0.1, 0.15) is 25.4 Å². The van der Waals surface area contributed by atoms with Crippen molar-refractivity contribution < 1.29 is 38.1 Å². The summed E-state index contributed by atoms with van der Waals surface area (Å²) in [4.78, 5) is 48.5. The second-order valence-corrected chi connectivity index (χ2v) is 9.40. The van der Waals surface area contributed by atoms with E-state index in [9.17, 15) is 19.2 Å². The number of amides is 1. The third kappa shape index (κ3) is 18.1. The average molecular weight is 488 g/mol. The molecule has 9 heteroatoms. The standard InChI is InChI=1S/C25H45NO8/c1-6-8-9-10-11-12-13-22(28)32-18-21(17-31-20-27)19-33-23(29)14-16-26(15-7-2)24(30)34-25(3,4)5/h20-21H,6-19H2,1-5H3. The molecule has 1 unspecified atom stereocenters. The summed E-state index contributed by atoms with van der Waals surface area (Å²) in [6.07, 6.45) is 7.02. The van der Waals surface area contributed by atoms with Gasteiger partial charge >= 0.3 is 18.0 Å². The van der Waals surface area contributed by atoms with Crippen molar-refractivity contribution in [3.05, 3.63) is 0 Å². The molecule has 34 heavy (non-hydrogen) atoms. The van der Waals surface area contributed by atoms with Gasteiger partial charge in [0.2, 0.25) is 0 Å². The topological polar surface area (TPSA) is 108 Å². The van der Waals surface area contributed by atoms with Gasteiger partial charge < -0.3 is 23.8 Å². The highest BCUT2D eigenvalue weighted by Crippen LogP contribution is 2.12. The molecular weight excluding hydrogens is 442 g/mol. The zero-order valence-electron chi connectivity index (χ0n) is 21.8. The Balaban J connectivity index is 4.41. The van der Waals surface area contributed by atoms with E-state index in [0.717, 1.165) is 25.7 Å². The van der Waals surface area contributed by atoms with Crippen molar-refractivity contribution in [3.63, 3.8) is 0 Å². The minimum atomic E-state index is -0.623. The summed E-state index contributed by atoms with van der Waals surface area (Å²) in [5.41, 5.74) is -0.623. The molecule has 0 fully saturated rings. The van der Waals surface area contributed by atoms with Crippen molar-refractivity contribution in [1.82, 2.24) is 4.90 Å². The molecule has 0 bridgehead atoms. The van der Waals surface area contributed by atoms with Gasteiger partial charge in [0.15, 0.2) is 0 Å². The Kier molecular flexibility index (Phi) is 17.7. The van der Waals surface area contributed by atoms with E-state index in [4.69, 9.17) is 18.9 Å². The predicted molar refractivity (Wildman–Crippen MR) is 128 cm³/mol. The van der Waals surface area contributed by atoms with Crippen molar-refractivity contribution >= 4 is 24.5 Å². The molecule has 0 aliphatic carbocycles. The van der Waals surface area contributed by atoms with E-state index in [1.54, 1.807) is 20.8 Å². The highest BCUT2D eigenvalue weighted by Gasteiger charge is 2.23. The van der Waals surface area contributed by atoms with E-state index in [0.29, 0.717) is 19.4 Å². The summed E-state index contributed by atoms with van der Waals surface area (Å²) in [5.74, 6) is -1.27. The molecule has 0 N–H and O–H groups in total. The van der Waals surface area contributed by atoms with Crippen LogP contribution in [0, 0.1) is 5.92 Å². The highest BCUT2D eigenvalue weighted by atomic mass is 16.6. The fourth-order valence-electron chi connectivity index (χ4n) is 3.05. The monoisotopic (exact) mass is 487 g/mol. The summed E-state index contributed by atoms with van der Waals surface area (Å²) in [5, 5.41) is 0. The summed E-state index contributed by atoms with van der Waals surface area (Å²) in [6.45, 7) is 10.3. The van der Waals surface area contributed by atoms with Crippen molar-refractivity contribution in [1.29, 1.82) is 0 Å². The van der Waals surface area contributed by atoms with E-state index in [2.05, 4.69) is 6.92 Å².